The molecular weight excluding hydrogens is 468 g/mol. The number of hydrogen-bond acceptors (Lipinski definition) is 7. The van der Waals surface area contributed by atoms with Gasteiger partial charge in [0.05, 0.1) is 13.2 Å². The third-order valence-electron chi connectivity index (χ3n) is 6.06. The van der Waals surface area contributed by atoms with Crippen molar-refractivity contribution in [3.8, 4) is 17.6 Å². The molecule has 2 aromatic carbocycles. The normalized spacial score (nSPS) is 13.5. The van der Waals surface area contributed by atoms with E-state index in [1.807, 2.05) is 71.3 Å². The zero-order valence-corrected chi connectivity index (χ0v) is 21.4. The molecule has 192 valence electrons. The van der Waals surface area contributed by atoms with Crippen molar-refractivity contribution in [1.29, 1.82) is 5.26 Å². The number of carbonyl (C=O) groups excluding carboxylic acids is 1. The number of amides is 1. The number of rotatable bonds is 10. The Morgan fingerprint density at radius 3 is 2.32 bits per heavy atom. The van der Waals surface area contributed by atoms with E-state index in [1.165, 1.54) is 0 Å². The first-order valence-electron chi connectivity index (χ1n) is 12.7. The van der Waals surface area contributed by atoms with Crippen LogP contribution < -0.4 is 14.4 Å². The second kappa shape index (κ2) is 12.6. The van der Waals surface area contributed by atoms with Crippen molar-refractivity contribution < 1.29 is 18.7 Å². The van der Waals surface area contributed by atoms with E-state index in [1.54, 1.807) is 6.08 Å². The van der Waals surface area contributed by atoms with Gasteiger partial charge in [-0.25, -0.2) is 0 Å². The molecule has 1 amide bonds. The van der Waals surface area contributed by atoms with Crippen LogP contribution in [0.15, 0.2) is 52.9 Å². The average molecular weight is 501 g/mol. The summed E-state index contributed by atoms with van der Waals surface area (Å²) >= 11 is 0. The second-order valence-electron chi connectivity index (χ2n) is 8.66. The lowest BCUT2D eigenvalue weighted by atomic mass is 10.1. The van der Waals surface area contributed by atoms with Crippen LogP contribution in [-0.2, 0) is 0 Å². The topological polar surface area (TPSA) is 91.8 Å². The van der Waals surface area contributed by atoms with Crippen LogP contribution >= 0.6 is 0 Å². The number of carbonyl (C=O) groups is 1. The Morgan fingerprint density at radius 1 is 1.00 bits per heavy atom. The van der Waals surface area contributed by atoms with E-state index in [9.17, 15) is 10.1 Å². The van der Waals surface area contributed by atoms with Crippen LogP contribution in [0.5, 0.6) is 11.5 Å². The molecule has 8 heteroatoms. The SMILES string of the molecule is CCCCOc1ccc(C(=O)N2CCN(c3oc(/C=C/c4ccc(OCC)cc4)nc3C#N)CC2)cc1. The van der Waals surface area contributed by atoms with Gasteiger partial charge < -0.3 is 23.7 Å². The van der Waals surface area contributed by atoms with E-state index >= 15 is 0 Å². The zero-order valence-electron chi connectivity index (χ0n) is 21.4. The van der Waals surface area contributed by atoms with Crippen LogP contribution in [0.1, 0.15) is 54.2 Å². The van der Waals surface area contributed by atoms with E-state index in [2.05, 4.69) is 18.0 Å². The van der Waals surface area contributed by atoms with Crippen LogP contribution in [0.25, 0.3) is 12.2 Å². The smallest absolute Gasteiger partial charge is 0.253 e. The lowest BCUT2D eigenvalue weighted by Gasteiger charge is -2.34. The van der Waals surface area contributed by atoms with Gasteiger partial charge in [-0.15, -0.1) is 0 Å². The maximum atomic E-state index is 13.0. The highest BCUT2D eigenvalue weighted by atomic mass is 16.5. The van der Waals surface area contributed by atoms with Gasteiger partial charge in [-0.1, -0.05) is 25.5 Å². The Bertz CT molecular complexity index is 1230. The van der Waals surface area contributed by atoms with Crippen molar-refractivity contribution in [3.63, 3.8) is 0 Å². The van der Waals surface area contributed by atoms with Crippen LogP contribution in [0.2, 0.25) is 0 Å². The molecule has 1 aromatic heterocycles. The first-order valence-corrected chi connectivity index (χ1v) is 12.7. The summed E-state index contributed by atoms with van der Waals surface area (Å²) in [5.74, 6) is 2.37. The van der Waals surface area contributed by atoms with Crippen molar-refractivity contribution in [3.05, 3.63) is 71.2 Å². The number of piperazine rings is 1. The number of nitrogens with zero attached hydrogens (tertiary/aromatic N) is 4. The fourth-order valence-electron chi connectivity index (χ4n) is 4.02. The van der Waals surface area contributed by atoms with Gasteiger partial charge in [0.25, 0.3) is 5.91 Å². The maximum Gasteiger partial charge on any atom is 0.253 e. The summed E-state index contributed by atoms with van der Waals surface area (Å²) in [7, 11) is 0. The molecule has 0 N–H and O–H groups in total. The minimum absolute atomic E-state index is 0.0168. The summed E-state index contributed by atoms with van der Waals surface area (Å²) in [5, 5.41) is 9.60. The average Bonchev–Trinajstić information content (AvgIpc) is 3.36. The molecule has 8 nitrogen and oxygen atoms in total. The van der Waals surface area contributed by atoms with Crippen LogP contribution in [0, 0.1) is 11.3 Å². The molecule has 1 aliphatic heterocycles. The highest BCUT2D eigenvalue weighted by Crippen LogP contribution is 2.25. The lowest BCUT2D eigenvalue weighted by Crippen LogP contribution is -2.48. The van der Waals surface area contributed by atoms with Gasteiger partial charge >= 0.3 is 0 Å². The molecule has 0 atom stereocenters. The Labute approximate surface area is 217 Å². The summed E-state index contributed by atoms with van der Waals surface area (Å²) < 4.78 is 17.1. The molecule has 0 bridgehead atoms. The number of hydrogen-bond donors (Lipinski definition) is 0. The van der Waals surface area contributed by atoms with Crippen molar-refractivity contribution >= 4 is 23.9 Å². The molecule has 0 aliphatic carbocycles. The largest absolute Gasteiger partial charge is 0.494 e. The standard InChI is InChI=1S/C29H32N4O4/c1-3-5-20-36-25-13-9-23(10-14-25)28(34)32-16-18-33(19-17-32)29-26(21-30)31-27(37-29)15-8-22-6-11-24(12-7-22)35-4-2/h6-15H,3-5,16-20H2,1-2H3/b15-8+. The molecule has 37 heavy (non-hydrogen) atoms. The van der Waals surface area contributed by atoms with Gasteiger partial charge in [0, 0.05) is 37.8 Å². The first kappa shape index (κ1) is 25.8. The number of aromatic nitrogens is 1. The molecule has 2 heterocycles. The van der Waals surface area contributed by atoms with Crippen molar-refractivity contribution in [2.75, 3.05) is 44.3 Å². The molecule has 0 radical (unpaired) electrons. The van der Waals surface area contributed by atoms with Gasteiger partial charge in [-0.2, -0.15) is 10.2 Å². The van der Waals surface area contributed by atoms with Crippen LogP contribution in [-0.4, -0.2) is 55.2 Å². The number of anilines is 1. The van der Waals surface area contributed by atoms with Gasteiger partial charge in [0.1, 0.15) is 17.6 Å². The van der Waals surface area contributed by atoms with E-state index in [0.29, 0.717) is 56.7 Å². The quantitative estimate of drug-likeness (QED) is 0.351. The molecule has 4 rings (SSSR count). The summed E-state index contributed by atoms with van der Waals surface area (Å²) in [6.07, 6.45) is 5.71. The van der Waals surface area contributed by atoms with Gasteiger partial charge in [0.2, 0.25) is 17.5 Å². The van der Waals surface area contributed by atoms with E-state index in [-0.39, 0.29) is 11.6 Å². The fourth-order valence-corrected chi connectivity index (χ4v) is 4.02. The summed E-state index contributed by atoms with van der Waals surface area (Å²) in [5.41, 5.74) is 1.84. The molecule has 1 aliphatic rings. The number of nitriles is 1. The van der Waals surface area contributed by atoms with E-state index in [0.717, 1.165) is 29.9 Å². The van der Waals surface area contributed by atoms with Crippen LogP contribution in [0.3, 0.4) is 0 Å². The molecule has 0 unspecified atom stereocenters. The highest BCUT2D eigenvalue weighted by Gasteiger charge is 2.26. The van der Waals surface area contributed by atoms with E-state index < -0.39 is 0 Å². The third-order valence-corrected chi connectivity index (χ3v) is 6.06. The van der Waals surface area contributed by atoms with Gasteiger partial charge in [-0.3, -0.25) is 4.79 Å². The van der Waals surface area contributed by atoms with E-state index in [4.69, 9.17) is 13.9 Å². The zero-order chi connectivity index (χ0) is 26.0. The highest BCUT2D eigenvalue weighted by molar-refractivity contribution is 5.94. The molecule has 1 saturated heterocycles. The Morgan fingerprint density at radius 2 is 1.68 bits per heavy atom. The monoisotopic (exact) mass is 500 g/mol. The van der Waals surface area contributed by atoms with Gasteiger partial charge in [0.15, 0.2) is 0 Å². The summed E-state index contributed by atoms with van der Waals surface area (Å²) in [6, 6.07) is 17.1. The predicted molar refractivity (Wildman–Crippen MR) is 143 cm³/mol. The fraction of sp³-hybridized carbons (Fsp3) is 0.345. The van der Waals surface area contributed by atoms with Gasteiger partial charge in [-0.05, 0) is 61.4 Å². The maximum absolute atomic E-state index is 13.0. The Kier molecular flexibility index (Phi) is 8.82. The second-order valence-corrected chi connectivity index (χ2v) is 8.66. The number of benzene rings is 2. The summed E-state index contributed by atoms with van der Waals surface area (Å²) in [4.78, 5) is 21.1. The summed E-state index contributed by atoms with van der Waals surface area (Å²) in [6.45, 7) is 7.52. The Balaban J connectivity index is 1.35. The lowest BCUT2D eigenvalue weighted by molar-refractivity contribution is 0.0745. The first-order chi connectivity index (χ1) is 18.1. The number of ether oxygens (including phenoxy) is 2. The van der Waals surface area contributed by atoms with Crippen molar-refractivity contribution in [2.24, 2.45) is 0 Å². The Hall–Kier alpha value is -4.25. The number of oxazole rings is 1. The van der Waals surface area contributed by atoms with Crippen LogP contribution in [0.4, 0.5) is 5.88 Å². The third kappa shape index (κ3) is 6.70. The molecule has 1 fully saturated rings. The van der Waals surface area contributed by atoms with Crippen molar-refractivity contribution in [2.45, 2.75) is 26.7 Å². The molecular formula is C29H32N4O4. The minimum atomic E-state index is -0.0168. The minimum Gasteiger partial charge on any atom is -0.494 e. The van der Waals surface area contributed by atoms with Crippen molar-refractivity contribution in [1.82, 2.24) is 9.88 Å². The molecule has 3 aromatic rings. The molecule has 0 spiro atoms. The molecule has 0 saturated carbocycles. The predicted octanol–water partition coefficient (Wildman–Crippen LogP) is 5.26. The number of unbranched alkanes of at least 4 members (excludes halogenated alkanes) is 1.